The quantitative estimate of drug-likeness (QED) is 0.168. The summed E-state index contributed by atoms with van der Waals surface area (Å²) in [7, 11) is 1.88. The minimum atomic E-state index is -0.866. The Morgan fingerprint density at radius 1 is 1.18 bits per heavy atom. The normalized spacial score (nSPS) is 27.9. The van der Waals surface area contributed by atoms with E-state index in [0.29, 0.717) is 32.2 Å². The predicted molar refractivity (Wildman–Crippen MR) is 213 cm³/mol. The molecule has 3 aromatic heterocycles. The molecule has 13 heteroatoms. The van der Waals surface area contributed by atoms with Crippen LogP contribution in [0.5, 0.6) is 0 Å². The Hall–Kier alpha value is -4.04. The molecule has 1 saturated carbocycles. The number of rotatable bonds is 7. The summed E-state index contributed by atoms with van der Waals surface area (Å²) < 4.78 is 14.3. The van der Waals surface area contributed by atoms with Crippen LogP contribution in [0.25, 0.3) is 33.4 Å². The summed E-state index contributed by atoms with van der Waals surface area (Å²) >= 11 is 1.56. The van der Waals surface area contributed by atoms with E-state index < -0.39 is 16.5 Å². The summed E-state index contributed by atoms with van der Waals surface area (Å²) in [5, 5.41) is 4.80. The Morgan fingerprint density at radius 3 is 2.76 bits per heavy atom. The number of amides is 1. The van der Waals surface area contributed by atoms with Gasteiger partial charge in [0.1, 0.15) is 11.8 Å². The Morgan fingerprint density at radius 2 is 2.02 bits per heavy atom. The molecule has 9 rings (SSSR count). The SMILES string of the molecule is CCn1c(-c2cccnc2[C@H](C)OC)c2c3cc(ccc31)-c1csc(n1)CC1([Si]C1C(=O)[C@@H]1CC[C@H]1C1=NC1)C(=O)N1CCC[C@H](N1)C(=O)OCC(C)(C)C2. The van der Waals surface area contributed by atoms with Crippen LogP contribution in [-0.2, 0) is 43.2 Å². The molecule has 1 amide bonds. The van der Waals surface area contributed by atoms with E-state index in [-0.39, 0.29) is 57.3 Å². The number of nitrogens with one attached hydrogen (secondary N) is 1. The van der Waals surface area contributed by atoms with Crippen LogP contribution < -0.4 is 5.43 Å². The Labute approximate surface area is 328 Å². The van der Waals surface area contributed by atoms with Crippen molar-refractivity contribution in [3.05, 3.63) is 58.2 Å². The van der Waals surface area contributed by atoms with Gasteiger partial charge in [-0.05, 0) is 75.8 Å². The van der Waals surface area contributed by atoms with Crippen LogP contribution in [-0.4, -0.2) is 85.3 Å². The summed E-state index contributed by atoms with van der Waals surface area (Å²) in [6, 6.07) is 10.0. The number of esters is 1. The third-order valence-corrected chi connectivity index (χ3v) is 15.3. The largest absolute Gasteiger partial charge is 0.464 e. The number of Topliss-reactive ketones (excluding diaryl/α,β-unsaturated/α-hetero) is 1. The molecule has 1 spiro atoms. The van der Waals surface area contributed by atoms with Gasteiger partial charge in [-0.25, -0.2) is 10.4 Å². The number of carbonyl (C=O) groups excluding carboxylic acids is 3. The number of cyclic esters (lactones) is 1. The zero-order valence-electron chi connectivity index (χ0n) is 32.2. The highest BCUT2D eigenvalue weighted by molar-refractivity contribution is 7.10. The van der Waals surface area contributed by atoms with Crippen molar-refractivity contribution in [3.8, 4) is 22.5 Å². The van der Waals surface area contributed by atoms with Gasteiger partial charge in [0.25, 0.3) is 0 Å². The van der Waals surface area contributed by atoms with Gasteiger partial charge in [-0.2, -0.15) is 0 Å². The van der Waals surface area contributed by atoms with Crippen LogP contribution in [0.3, 0.4) is 0 Å². The number of hydrazine groups is 1. The number of ether oxygens (including phenoxy) is 2. The molecule has 1 N–H and O–H groups in total. The number of thiazole rings is 1. The number of hydrogen-bond donors (Lipinski definition) is 1. The number of fused-ring (bicyclic) bond motifs is 6. The van der Waals surface area contributed by atoms with Crippen molar-refractivity contribution in [3.63, 3.8) is 0 Å². The van der Waals surface area contributed by atoms with Crippen molar-refractivity contribution in [1.29, 1.82) is 0 Å². The number of ketones is 1. The molecule has 6 bridgehead atoms. The fourth-order valence-electron chi connectivity index (χ4n) is 9.13. The van der Waals surface area contributed by atoms with Crippen molar-refractivity contribution in [1.82, 2.24) is 25.0 Å². The van der Waals surface area contributed by atoms with E-state index in [1.54, 1.807) is 23.5 Å². The number of nitrogens with zero attached hydrogens (tertiary/aromatic N) is 5. The minimum absolute atomic E-state index is 0.0482. The average Bonchev–Trinajstić information content (AvgIpc) is 4.07. The maximum Gasteiger partial charge on any atom is 0.324 e. The monoisotopic (exact) mass is 776 g/mol. The van der Waals surface area contributed by atoms with Crippen molar-refractivity contribution in [2.45, 2.75) is 95.5 Å². The third-order valence-electron chi connectivity index (χ3n) is 12.5. The van der Waals surface area contributed by atoms with Gasteiger partial charge in [-0.15, -0.1) is 11.3 Å². The topological polar surface area (TPSA) is 128 Å². The van der Waals surface area contributed by atoms with Crippen molar-refractivity contribution < 1.29 is 23.9 Å². The lowest BCUT2D eigenvalue weighted by molar-refractivity contribution is -0.155. The highest BCUT2D eigenvalue weighted by atomic mass is 32.1. The van der Waals surface area contributed by atoms with Crippen LogP contribution in [0.1, 0.15) is 75.7 Å². The number of pyridine rings is 1. The smallest absolute Gasteiger partial charge is 0.324 e. The molecule has 11 nitrogen and oxygen atoms in total. The molecule has 55 heavy (non-hydrogen) atoms. The van der Waals surface area contributed by atoms with Crippen LogP contribution in [0.2, 0.25) is 10.6 Å². The molecule has 1 aromatic carbocycles. The van der Waals surface area contributed by atoms with Gasteiger partial charge in [-0.3, -0.25) is 29.4 Å². The molecule has 4 aromatic rings. The molecule has 2 unspecified atom stereocenters. The minimum Gasteiger partial charge on any atom is -0.464 e. The highest BCUT2D eigenvalue weighted by Crippen LogP contribution is 2.63. The highest BCUT2D eigenvalue weighted by Gasteiger charge is 2.67. The lowest BCUT2D eigenvalue weighted by Gasteiger charge is -2.37. The Balaban J connectivity index is 1.15. The Bertz CT molecular complexity index is 2250. The number of benzene rings is 1. The molecular weight excluding hydrogens is 729 g/mol. The van der Waals surface area contributed by atoms with Crippen LogP contribution >= 0.6 is 11.3 Å². The van der Waals surface area contributed by atoms with E-state index in [4.69, 9.17) is 19.4 Å². The molecule has 2 saturated heterocycles. The van der Waals surface area contributed by atoms with Gasteiger partial charge in [0.2, 0.25) is 5.91 Å². The van der Waals surface area contributed by atoms with Gasteiger partial charge in [0.05, 0.1) is 55.9 Å². The molecule has 5 aliphatic rings. The average molecular weight is 777 g/mol. The van der Waals surface area contributed by atoms with Gasteiger partial charge in [0, 0.05) is 88.7 Å². The lowest BCUT2D eigenvalue weighted by Crippen LogP contribution is -2.57. The Kier molecular flexibility index (Phi) is 9.22. The van der Waals surface area contributed by atoms with E-state index in [9.17, 15) is 14.4 Å². The van der Waals surface area contributed by atoms with Gasteiger partial charge >= 0.3 is 5.97 Å². The van der Waals surface area contributed by atoms with E-state index in [1.165, 1.54) is 0 Å². The molecule has 1 aliphatic carbocycles. The first-order chi connectivity index (χ1) is 26.5. The summed E-state index contributed by atoms with van der Waals surface area (Å²) in [5.41, 5.74) is 10.7. The molecule has 4 aliphatic heterocycles. The lowest BCUT2D eigenvalue weighted by atomic mass is 9.68. The third kappa shape index (κ3) is 6.40. The molecule has 7 heterocycles. The molecule has 3 fully saturated rings. The number of hydrogen-bond acceptors (Lipinski definition) is 10. The number of methoxy groups -OCH3 is 1. The molecular formula is C42H48N6O5SSi. The van der Waals surface area contributed by atoms with Crippen molar-refractivity contribution in [2.75, 3.05) is 26.8 Å². The molecule has 286 valence electrons. The second kappa shape index (κ2) is 13.9. The standard InChI is InChI=1S/C42H48N6O5SSi/c1-6-47-33-14-11-24-17-28(33)29(36(47)27-9-7-15-43-35(27)23(2)52-5)18-41(3,4)22-53-39(50)30-10-8-16-48(46-30)40(51)42(19-34-45-32(24)21-54-34)38(55-42)37(49)26-13-12-25(26)31-20-44-31/h7,9,11,14-15,17,21,23,25-26,30,38,46H,6,8,10,12-13,16,18-20,22H2,1-5H3/t23-,25+,26+,30-,38?,42?/m0/s1. The number of carbonyl (C=O) groups is 3. The van der Waals surface area contributed by atoms with Crippen molar-refractivity contribution in [2.24, 2.45) is 22.2 Å². The predicted octanol–water partition coefficient (Wildman–Crippen LogP) is 6.43. The van der Waals surface area contributed by atoms with E-state index in [0.717, 1.165) is 81.3 Å². The first-order valence-corrected chi connectivity index (χ1v) is 21.6. The van der Waals surface area contributed by atoms with Gasteiger partial charge in [0.15, 0.2) is 0 Å². The van der Waals surface area contributed by atoms with Crippen LogP contribution in [0.4, 0.5) is 0 Å². The summed E-state index contributed by atoms with van der Waals surface area (Å²) in [6.45, 7) is 10.7. The number of aryl methyl sites for hydroxylation is 1. The maximum atomic E-state index is 14.6. The van der Waals surface area contributed by atoms with Gasteiger partial charge < -0.3 is 14.0 Å². The second-order valence-corrected chi connectivity index (χ2v) is 19.4. The first kappa shape index (κ1) is 36.6. The number of aliphatic imine (C=N–C) groups is 1. The fraction of sp³-hybridized carbons (Fsp3) is 0.524. The van der Waals surface area contributed by atoms with E-state index in [2.05, 4.69) is 65.4 Å². The molecule has 2 radical (unpaired) electrons. The van der Waals surface area contributed by atoms with Crippen LogP contribution in [0.15, 0.2) is 46.9 Å². The summed E-state index contributed by atoms with van der Waals surface area (Å²) in [4.78, 5) is 57.0. The van der Waals surface area contributed by atoms with Gasteiger partial charge in [-0.1, -0.05) is 19.9 Å². The summed E-state index contributed by atoms with van der Waals surface area (Å²) in [5.74, 6) is -0.0639. The van der Waals surface area contributed by atoms with E-state index >= 15 is 0 Å². The summed E-state index contributed by atoms with van der Waals surface area (Å²) in [6.07, 6.45) is 5.73. The zero-order valence-corrected chi connectivity index (χ0v) is 34.0. The fourth-order valence-corrected chi connectivity index (χ4v) is 11.8. The maximum absolute atomic E-state index is 14.6. The first-order valence-electron chi connectivity index (χ1n) is 19.7. The van der Waals surface area contributed by atoms with E-state index in [1.807, 2.05) is 19.2 Å². The second-order valence-electron chi connectivity index (χ2n) is 16.7. The molecule has 6 atom stereocenters. The van der Waals surface area contributed by atoms with Crippen LogP contribution in [0, 0.1) is 17.3 Å². The van der Waals surface area contributed by atoms with Crippen molar-refractivity contribution >= 4 is 55.1 Å². The zero-order chi connectivity index (χ0) is 38.2. The number of aromatic nitrogens is 3.